The SMILES string of the molecule is CC(C)N1CCN(C(=O)c2c(CSc3ccc(F)cc3)n(C)c3cc(Br)c(O)cc23)CC1. The summed E-state index contributed by atoms with van der Waals surface area (Å²) in [6.45, 7) is 7.41. The van der Waals surface area contributed by atoms with Crippen LogP contribution in [0.3, 0.4) is 0 Å². The van der Waals surface area contributed by atoms with Gasteiger partial charge in [0.05, 0.1) is 15.6 Å². The lowest BCUT2D eigenvalue weighted by Gasteiger charge is -2.37. The Bertz CT molecular complexity index is 1140. The van der Waals surface area contributed by atoms with Crippen molar-refractivity contribution in [3.8, 4) is 5.75 Å². The molecule has 0 saturated carbocycles. The lowest BCUT2D eigenvalue weighted by atomic mass is 10.1. The molecular weight excluding hydrogens is 493 g/mol. The molecule has 0 spiro atoms. The predicted octanol–water partition coefficient (Wildman–Crippen LogP) is 5.24. The Kier molecular flexibility index (Phi) is 6.83. The van der Waals surface area contributed by atoms with Crippen LogP contribution in [0.15, 0.2) is 45.8 Å². The highest BCUT2D eigenvalue weighted by Crippen LogP contribution is 2.37. The van der Waals surface area contributed by atoms with Gasteiger partial charge in [-0.25, -0.2) is 4.39 Å². The second kappa shape index (κ2) is 9.45. The fraction of sp³-hybridized carbons (Fsp3) is 0.375. The summed E-state index contributed by atoms with van der Waals surface area (Å²) in [5.41, 5.74) is 2.41. The number of rotatable bonds is 5. The normalized spacial score (nSPS) is 15.1. The molecule has 0 bridgehead atoms. The average Bonchev–Trinajstić information content (AvgIpc) is 3.04. The summed E-state index contributed by atoms with van der Waals surface area (Å²) in [7, 11) is 1.94. The molecule has 1 saturated heterocycles. The quantitative estimate of drug-likeness (QED) is 0.468. The molecule has 4 rings (SSSR count). The van der Waals surface area contributed by atoms with Crippen molar-refractivity contribution in [1.82, 2.24) is 14.4 Å². The van der Waals surface area contributed by atoms with Gasteiger partial charge in [-0.3, -0.25) is 9.69 Å². The first kappa shape index (κ1) is 23.1. The minimum absolute atomic E-state index is 0.00423. The van der Waals surface area contributed by atoms with E-state index >= 15 is 0 Å². The number of halogens is 2. The second-order valence-electron chi connectivity index (χ2n) is 8.37. The zero-order valence-corrected chi connectivity index (χ0v) is 20.8. The van der Waals surface area contributed by atoms with Crippen molar-refractivity contribution < 1.29 is 14.3 Å². The third-order valence-electron chi connectivity index (χ3n) is 6.12. The molecule has 0 radical (unpaired) electrons. The molecule has 170 valence electrons. The van der Waals surface area contributed by atoms with Crippen LogP contribution in [0.25, 0.3) is 10.9 Å². The number of aryl methyl sites for hydroxylation is 1. The van der Waals surface area contributed by atoms with Gasteiger partial charge < -0.3 is 14.6 Å². The standard InChI is InChI=1S/C24H27BrFN3O2S/c1-15(2)28-8-10-29(11-9-28)24(31)23-18-12-22(30)19(25)13-20(18)27(3)21(23)14-32-17-6-4-16(26)5-7-17/h4-7,12-13,15,30H,8-11,14H2,1-3H3. The lowest BCUT2D eigenvalue weighted by molar-refractivity contribution is 0.0596. The molecule has 32 heavy (non-hydrogen) atoms. The largest absolute Gasteiger partial charge is 0.507 e. The van der Waals surface area contributed by atoms with E-state index in [9.17, 15) is 14.3 Å². The third kappa shape index (κ3) is 4.54. The highest BCUT2D eigenvalue weighted by Gasteiger charge is 2.29. The molecule has 8 heteroatoms. The highest BCUT2D eigenvalue weighted by atomic mass is 79.9. The summed E-state index contributed by atoms with van der Waals surface area (Å²) in [6, 6.07) is 10.4. The Morgan fingerprint density at radius 3 is 2.44 bits per heavy atom. The number of phenolic OH excluding ortho intramolecular Hbond substituents is 1. The first-order chi connectivity index (χ1) is 15.3. The number of nitrogens with zero attached hydrogens (tertiary/aromatic N) is 3. The van der Waals surface area contributed by atoms with Crippen LogP contribution in [0, 0.1) is 5.82 Å². The maximum absolute atomic E-state index is 13.7. The van der Waals surface area contributed by atoms with Gasteiger partial charge in [-0.2, -0.15) is 0 Å². The summed E-state index contributed by atoms with van der Waals surface area (Å²) in [4.78, 5) is 18.9. The van der Waals surface area contributed by atoms with Crippen molar-refractivity contribution in [1.29, 1.82) is 0 Å². The van der Waals surface area contributed by atoms with Crippen molar-refractivity contribution in [3.05, 3.63) is 57.9 Å². The zero-order valence-electron chi connectivity index (χ0n) is 18.4. The van der Waals surface area contributed by atoms with Gasteiger partial charge >= 0.3 is 0 Å². The molecule has 2 heterocycles. The second-order valence-corrected chi connectivity index (χ2v) is 10.3. The van der Waals surface area contributed by atoms with Gasteiger partial charge in [-0.1, -0.05) is 0 Å². The van der Waals surface area contributed by atoms with E-state index in [0.29, 0.717) is 34.9 Å². The summed E-state index contributed by atoms with van der Waals surface area (Å²) in [5, 5.41) is 11.1. The van der Waals surface area contributed by atoms with Crippen LogP contribution < -0.4 is 0 Å². The first-order valence-corrected chi connectivity index (χ1v) is 12.5. The van der Waals surface area contributed by atoms with Gasteiger partial charge in [0.25, 0.3) is 5.91 Å². The Morgan fingerprint density at radius 2 is 1.81 bits per heavy atom. The van der Waals surface area contributed by atoms with Crippen LogP contribution in [-0.2, 0) is 12.8 Å². The maximum Gasteiger partial charge on any atom is 0.256 e. The van der Waals surface area contributed by atoms with Gasteiger partial charge in [-0.05, 0) is 66.2 Å². The molecule has 1 amide bonds. The Hall–Kier alpha value is -2.03. The smallest absolute Gasteiger partial charge is 0.256 e. The van der Waals surface area contributed by atoms with E-state index in [1.807, 2.05) is 22.6 Å². The number of aromatic nitrogens is 1. The minimum Gasteiger partial charge on any atom is -0.507 e. The van der Waals surface area contributed by atoms with Crippen molar-refractivity contribution >= 4 is 44.5 Å². The number of fused-ring (bicyclic) bond motifs is 1. The number of thioether (sulfide) groups is 1. The minimum atomic E-state index is -0.268. The molecule has 5 nitrogen and oxygen atoms in total. The number of piperazine rings is 1. The van der Waals surface area contributed by atoms with E-state index in [-0.39, 0.29) is 17.5 Å². The van der Waals surface area contributed by atoms with Gasteiger partial charge in [0.2, 0.25) is 0 Å². The van der Waals surface area contributed by atoms with Crippen LogP contribution >= 0.6 is 27.7 Å². The number of amides is 1. The van der Waals surface area contributed by atoms with Crippen LogP contribution in [0.1, 0.15) is 29.9 Å². The van der Waals surface area contributed by atoms with Crippen molar-refractivity contribution in [2.75, 3.05) is 26.2 Å². The molecule has 1 aliphatic heterocycles. The highest BCUT2D eigenvalue weighted by molar-refractivity contribution is 9.10. The van der Waals surface area contributed by atoms with E-state index in [0.717, 1.165) is 34.6 Å². The fourth-order valence-corrected chi connectivity index (χ4v) is 5.49. The number of benzene rings is 2. The van der Waals surface area contributed by atoms with Gasteiger partial charge in [0.1, 0.15) is 11.6 Å². The number of phenols is 1. The molecule has 2 aromatic carbocycles. The predicted molar refractivity (Wildman–Crippen MR) is 131 cm³/mol. The lowest BCUT2D eigenvalue weighted by Crippen LogP contribution is -2.50. The monoisotopic (exact) mass is 519 g/mol. The molecule has 3 aromatic rings. The third-order valence-corrected chi connectivity index (χ3v) is 7.78. The summed E-state index contributed by atoms with van der Waals surface area (Å²) < 4.78 is 15.9. The van der Waals surface area contributed by atoms with E-state index in [2.05, 4.69) is 34.7 Å². The topological polar surface area (TPSA) is 48.7 Å². The summed E-state index contributed by atoms with van der Waals surface area (Å²) in [5.74, 6) is 0.396. The number of carbonyl (C=O) groups excluding carboxylic acids is 1. The molecule has 0 unspecified atom stereocenters. The first-order valence-electron chi connectivity index (χ1n) is 10.7. The van der Waals surface area contributed by atoms with Crippen LogP contribution in [0.5, 0.6) is 5.75 Å². The van der Waals surface area contributed by atoms with Crippen molar-refractivity contribution in [3.63, 3.8) is 0 Å². The van der Waals surface area contributed by atoms with E-state index in [1.165, 1.54) is 12.1 Å². The number of hydrogen-bond donors (Lipinski definition) is 1. The molecule has 1 aromatic heterocycles. The fourth-order valence-electron chi connectivity index (χ4n) is 4.19. The van der Waals surface area contributed by atoms with Crippen LogP contribution in [0.2, 0.25) is 0 Å². The zero-order chi connectivity index (χ0) is 23.0. The molecule has 0 atom stereocenters. The summed E-state index contributed by atoms with van der Waals surface area (Å²) in [6.07, 6.45) is 0. The van der Waals surface area contributed by atoms with Crippen LogP contribution in [0.4, 0.5) is 4.39 Å². The Morgan fingerprint density at radius 1 is 1.16 bits per heavy atom. The molecule has 0 aliphatic carbocycles. The Labute approximate surface area is 200 Å². The molecule has 1 fully saturated rings. The average molecular weight is 520 g/mol. The van der Waals surface area contributed by atoms with Crippen molar-refractivity contribution in [2.24, 2.45) is 7.05 Å². The summed E-state index contributed by atoms with van der Waals surface area (Å²) >= 11 is 4.96. The molecular formula is C24H27BrFN3O2S. The van der Waals surface area contributed by atoms with Gasteiger partial charge in [0.15, 0.2) is 0 Å². The Balaban J connectivity index is 1.70. The van der Waals surface area contributed by atoms with E-state index < -0.39 is 0 Å². The van der Waals surface area contributed by atoms with Crippen molar-refractivity contribution in [2.45, 2.75) is 30.5 Å². The number of aromatic hydroxyl groups is 1. The number of carbonyl (C=O) groups is 1. The van der Waals surface area contributed by atoms with E-state index in [1.54, 1.807) is 30.0 Å². The number of hydrogen-bond acceptors (Lipinski definition) is 4. The molecule has 1 aliphatic rings. The van der Waals surface area contributed by atoms with Gasteiger partial charge in [-0.15, -0.1) is 11.8 Å². The van der Waals surface area contributed by atoms with E-state index in [4.69, 9.17) is 0 Å². The molecule has 1 N–H and O–H groups in total. The maximum atomic E-state index is 13.7. The van der Waals surface area contributed by atoms with Crippen LogP contribution in [-0.4, -0.2) is 57.6 Å². The van der Waals surface area contributed by atoms with Gasteiger partial charge in [0, 0.05) is 61.0 Å².